The Morgan fingerprint density at radius 2 is 1.76 bits per heavy atom. The zero-order valence-electron chi connectivity index (χ0n) is 18.9. The van der Waals surface area contributed by atoms with Gasteiger partial charge in [0.2, 0.25) is 5.91 Å². The maximum atomic E-state index is 13.0. The summed E-state index contributed by atoms with van der Waals surface area (Å²) in [7, 11) is 0. The molecule has 1 aromatic heterocycles. The number of unbranched alkanes of at least 4 members (excludes halogenated alkanes) is 3. The van der Waals surface area contributed by atoms with Gasteiger partial charge in [0.05, 0.1) is 16.7 Å². The summed E-state index contributed by atoms with van der Waals surface area (Å²) in [5, 5.41) is 1.60. The maximum absolute atomic E-state index is 13.0. The van der Waals surface area contributed by atoms with Crippen molar-refractivity contribution in [2.45, 2.75) is 44.3 Å². The zero-order chi connectivity index (χ0) is 24.3. The Labute approximate surface area is 207 Å². The van der Waals surface area contributed by atoms with Crippen molar-refractivity contribution in [3.63, 3.8) is 0 Å². The molecule has 0 unspecified atom stereocenters. The normalized spacial score (nSPS) is 10.8. The van der Waals surface area contributed by atoms with Crippen LogP contribution in [0, 0.1) is 0 Å². The largest absolute Gasteiger partial charge is 0.484 e. The van der Waals surface area contributed by atoms with Crippen molar-refractivity contribution in [3.05, 3.63) is 63.9 Å². The van der Waals surface area contributed by atoms with E-state index in [0.717, 1.165) is 37.4 Å². The van der Waals surface area contributed by atoms with Gasteiger partial charge in [0.1, 0.15) is 5.75 Å². The Balaban J connectivity index is 1.55. The fraction of sp³-hybridized carbons (Fsp3) is 0.333. The number of aromatic nitrogens is 2. The Morgan fingerprint density at radius 3 is 2.53 bits per heavy atom. The zero-order valence-corrected chi connectivity index (χ0v) is 20.5. The van der Waals surface area contributed by atoms with Crippen LogP contribution < -0.4 is 21.1 Å². The van der Waals surface area contributed by atoms with Gasteiger partial charge in [-0.25, -0.2) is 4.98 Å². The van der Waals surface area contributed by atoms with Gasteiger partial charge in [-0.2, -0.15) is 0 Å². The first-order valence-corrected chi connectivity index (χ1v) is 12.4. The molecule has 10 heteroatoms. The average Bonchev–Trinajstić information content (AvgIpc) is 2.85. The van der Waals surface area contributed by atoms with Gasteiger partial charge in [-0.1, -0.05) is 61.7 Å². The van der Waals surface area contributed by atoms with Gasteiger partial charge in [0, 0.05) is 11.6 Å². The first-order valence-electron chi connectivity index (χ1n) is 11.1. The van der Waals surface area contributed by atoms with Crippen molar-refractivity contribution in [1.82, 2.24) is 20.4 Å². The second-order valence-corrected chi connectivity index (χ2v) is 8.94. The molecule has 0 atom stereocenters. The molecule has 0 fully saturated rings. The minimum atomic E-state index is -0.509. The van der Waals surface area contributed by atoms with Gasteiger partial charge in [-0.15, -0.1) is 0 Å². The minimum absolute atomic E-state index is 0.0158. The van der Waals surface area contributed by atoms with Gasteiger partial charge in [0.15, 0.2) is 11.8 Å². The lowest BCUT2D eigenvalue weighted by molar-refractivity contribution is -0.128. The lowest BCUT2D eigenvalue weighted by atomic mass is 10.2. The van der Waals surface area contributed by atoms with E-state index in [4.69, 9.17) is 16.3 Å². The third-order valence-corrected chi connectivity index (χ3v) is 6.15. The number of ether oxygens (including phenoxy) is 1. The molecule has 3 rings (SSSR count). The molecular formula is C24H27ClN4O4S. The monoisotopic (exact) mass is 502 g/mol. The van der Waals surface area contributed by atoms with Gasteiger partial charge >= 0.3 is 0 Å². The third kappa shape index (κ3) is 7.50. The van der Waals surface area contributed by atoms with Gasteiger partial charge in [-0.3, -0.25) is 29.8 Å². The van der Waals surface area contributed by atoms with Gasteiger partial charge < -0.3 is 4.74 Å². The van der Waals surface area contributed by atoms with E-state index in [1.54, 1.807) is 41.0 Å². The molecule has 1 heterocycles. The number of thioether (sulfide) groups is 1. The quantitative estimate of drug-likeness (QED) is 0.178. The molecule has 0 aliphatic rings. The highest BCUT2D eigenvalue weighted by Crippen LogP contribution is 2.18. The second kappa shape index (κ2) is 13.0. The summed E-state index contributed by atoms with van der Waals surface area (Å²) >= 11 is 6.97. The number of carbonyl (C=O) groups is 2. The van der Waals surface area contributed by atoms with Crippen LogP contribution in [0.2, 0.25) is 5.02 Å². The molecule has 0 bridgehead atoms. The first-order chi connectivity index (χ1) is 16.5. The number of para-hydroxylation sites is 1. The summed E-state index contributed by atoms with van der Waals surface area (Å²) in [6.07, 6.45) is 4.08. The van der Waals surface area contributed by atoms with E-state index in [-0.39, 0.29) is 17.9 Å². The number of benzene rings is 2. The molecule has 180 valence electrons. The number of rotatable bonds is 11. The van der Waals surface area contributed by atoms with E-state index in [2.05, 4.69) is 22.8 Å². The topological polar surface area (TPSA) is 102 Å². The number of nitrogens with one attached hydrogen (secondary N) is 2. The molecule has 3 aromatic rings. The van der Waals surface area contributed by atoms with Crippen molar-refractivity contribution in [2.24, 2.45) is 0 Å². The van der Waals surface area contributed by atoms with Crippen LogP contribution in [0.5, 0.6) is 5.75 Å². The van der Waals surface area contributed by atoms with E-state index in [1.807, 2.05) is 12.1 Å². The molecule has 8 nitrogen and oxygen atoms in total. The SMILES string of the molecule is CCCCCCn1c(SCC(=O)NNC(=O)COc2ccc(Cl)cc2)nc2ccccc2c1=O. The molecular weight excluding hydrogens is 476 g/mol. The van der Waals surface area contributed by atoms with E-state index in [1.165, 1.54) is 0 Å². The number of amides is 2. The van der Waals surface area contributed by atoms with E-state index >= 15 is 0 Å². The molecule has 0 saturated heterocycles. The lowest BCUT2D eigenvalue weighted by Gasteiger charge is -2.13. The van der Waals surface area contributed by atoms with E-state index in [0.29, 0.717) is 33.4 Å². The van der Waals surface area contributed by atoms with Crippen LogP contribution in [0.1, 0.15) is 32.6 Å². The predicted octanol–water partition coefficient (Wildman–Crippen LogP) is 3.95. The summed E-state index contributed by atoms with van der Waals surface area (Å²) in [6.45, 7) is 2.41. The van der Waals surface area contributed by atoms with Crippen molar-refractivity contribution < 1.29 is 14.3 Å². The number of hydrogen-bond donors (Lipinski definition) is 2. The molecule has 2 N–H and O–H groups in total. The molecule has 0 radical (unpaired) electrons. The molecule has 2 aromatic carbocycles. The van der Waals surface area contributed by atoms with Crippen LogP contribution >= 0.6 is 23.4 Å². The maximum Gasteiger partial charge on any atom is 0.276 e. The first kappa shape index (κ1) is 25.6. The van der Waals surface area contributed by atoms with Crippen LogP contribution in [0.15, 0.2) is 58.5 Å². The molecule has 34 heavy (non-hydrogen) atoms. The van der Waals surface area contributed by atoms with E-state index < -0.39 is 11.8 Å². The highest BCUT2D eigenvalue weighted by atomic mass is 35.5. The summed E-state index contributed by atoms with van der Waals surface area (Å²) in [6, 6.07) is 13.8. The molecule has 2 amide bonds. The summed E-state index contributed by atoms with van der Waals surface area (Å²) < 4.78 is 6.97. The van der Waals surface area contributed by atoms with Gasteiger partial charge in [0.25, 0.3) is 11.5 Å². The number of hydrazine groups is 1. The Morgan fingerprint density at radius 1 is 1.03 bits per heavy atom. The number of halogens is 1. The standard InChI is InChI=1S/C24H27ClN4O4S/c1-2-3-4-7-14-29-23(32)19-8-5-6-9-20(19)26-24(29)34-16-22(31)28-27-21(30)15-33-18-12-10-17(25)11-13-18/h5-6,8-13H,2-4,7,14-16H2,1H3,(H,27,30)(H,28,31). The van der Waals surface area contributed by atoms with Crippen LogP contribution in [-0.4, -0.2) is 33.7 Å². The van der Waals surface area contributed by atoms with Crippen LogP contribution in [0.3, 0.4) is 0 Å². The number of hydrogen-bond acceptors (Lipinski definition) is 6. The fourth-order valence-electron chi connectivity index (χ4n) is 3.17. The number of nitrogens with zero attached hydrogens (tertiary/aromatic N) is 2. The molecule has 0 aliphatic heterocycles. The molecule has 0 aliphatic carbocycles. The summed E-state index contributed by atoms with van der Waals surface area (Å²) in [5.74, 6) is -0.464. The Bertz CT molecular complexity index is 1180. The van der Waals surface area contributed by atoms with Crippen molar-refractivity contribution in [2.75, 3.05) is 12.4 Å². The van der Waals surface area contributed by atoms with Crippen LogP contribution in [0.4, 0.5) is 0 Å². The third-order valence-electron chi connectivity index (χ3n) is 4.92. The van der Waals surface area contributed by atoms with Crippen LogP contribution in [-0.2, 0) is 16.1 Å². The van der Waals surface area contributed by atoms with Crippen molar-refractivity contribution >= 4 is 46.1 Å². The minimum Gasteiger partial charge on any atom is -0.484 e. The van der Waals surface area contributed by atoms with Gasteiger partial charge in [-0.05, 0) is 42.8 Å². The fourth-order valence-corrected chi connectivity index (χ4v) is 4.12. The highest BCUT2D eigenvalue weighted by molar-refractivity contribution is 7.99. The number of carbonyl (C=O) groups excluding carboxylic acids is 2. The Kier molecular flexibility index (Phi) is 9.78. The highest BCUT2D eigenvalue weighted by Gasteiger charge is 2.14. The predicted molar refractivity (Wildman–Crippen MR) is 134 cm³/mol. The van der Waals surface area contributed by atoms with Crippen molar-refractivity contribution in [3.8, 4) is 5.75 Å². The second-order valence-electron chi connectivity index (χ2n) is 7.56. The smallest absolute Gasteiger partial charge is 0.276 e. The summed E-state index contributed by atoms with van der Waals surface area (Å²) in [4.78, 5) is 41.8. The van der Waals surface area contributed by atoms with E-state index in [9.17, 15) is 14.4 Å². The van der Waals surface area contributed by atoms with Crippen LogP contribution in [0.25, 0.3) is 10.9 Å². The number of fused-ring (bicyclic) bond motifs is 1. The molecule has 0 spiro atoms. The lowest BCUT2D eigenvalue weighted by Crippen LogP contribution is -2.44. The van der Waals surface area contributed by atoms with Crippen molar-refractivity contribution in [1.29, 1.82) is 0 Å². The summed E-state index contributed by atoms with van der Waals surface area (Å²) in [5.41, 5.74) is 5.14. The molecule has 0 saturated carbocycles. The average molecular weight is 503 g/mol. The Hall–Kier alpha value is -3.04.